The Kier molecular flexibility index (Phi) is 3.81. The molecule has 1 aliphatic carbocycles. The van der Waals surface area contributed by atoms with Crippen LogP contribution in [0.1, 0.15) is 59.2 Å². The van der Waals surface area contributed by atoms with E-state index < -0.39 is 0 Å². The van der Waals surface area contributed by atoms with Crippen LogP contribution in [-0.2, 0) is 11.8 Å². The zero-order valence-corrected chi connectivity index (χ0v) is 14.7. The Hall–Kier alpha value is -0.450. The van der Waals surface area contributed by atoms with Gasteiger partial charge in [0.05, 0.1) is 10.7 Å². The van der Waals surface area contributed by atoms with Gasteiger partial charge in [0.15, 0.2) is 0 Å². The quantitative estimate of drug-likeness (QED) is 0.660. The maximum atomic E-state index is 5.82. The molecule has 1 atom stereocenters. The minimum atomic E-state index is 0.124. The van der Waals surface area contributed by atoms with Crippen molar-refractivity contribution in [3.63, 3.8) is 0 Å². The van der Waals surface area contributed by atoms with Gasteiger partial charge in [-0.3, -0.25) is 11.3 Å². The lowest BCUT2D eigenvalue weighted by molar-refractivity contribution is 0.401. The summed E-state index contributed by atoms with van der Waals surface area (Å²) < 4.78 is 0. The minimum Gasteiger partial charge on any atom is -0.271 e. The van der Waals surface area contributed by atoms with E-state index in [-0.39, 0.29) is 5.41 Å². The zero-order chi connectivity index (χ0) is 15.3. The molecule has 0 bridgehead atoms. The Morgan fingerprint density at radius 3 is 2.20 bits per heavy atom. The monoisotopic (exact) mass is 295 g/mol. The fourth-order valence-corrected chi connectivity index (χ4v) is 4.54. The van der Waals surface area contributed by atoms with Crippen LogP contribution in [0, 0.1) is 16.7 Å². The SMILES string of the molecule is CC(C)(C)c1csc(CC(NN)C2C(C)(C)C2(C)C)n1. The average molecular weight is 295 g/mol. The Morgan fingerprint density at radius 2 is 1.85 bits per heavy atom. The summed E-state index contributed by atoms with van der Waals surface area (Å²) in [5, 5.41) is 3.38. The molecule has 0 radical (unpaired) electrons. The van der Waals surface area contributed by atoms with Crippen LogP contribution in [0.4, 0.5) is 0 Å². The summed E-state index contributed by atoms with van der Waals surface area (Å²) in [7, 11) is 0. The van der Waals surface area contributed by atoms with Crippen LogP contribution in [0.5, 0.6) is 0 Å². The van der Waals surface area contributed by atoms with E-state index in [2.05, 4.69) is 59.3 Å². The van der Waals surface area contributed by atoms with Crippen LogP contribution in [0.2, 0.25) is 0 Å². The van der Waals surface area contributed by atoms with E-state index in [1.807, 2.05) is 0 Å². The molecule has 0 saturated heterocycles. The molecule has 114 valence electrons. The van der Waals surface area contributed by atoms with E-state index in [0.29, 0.717) is 22.8 Å². The summed E-state index contributed by atoms with van der Waals surface area (Å²) in [6.07, 6.45) is 0.925. The van der Waals surface area contributed by atoms with Crippen LogP contribution in [0.15, 0.2) is 5.38 Å². The standard InChI is InChI=1S/C16H29N3S/c1-14(2,3)11-9-20-12(18-11)8-10(19-17)13-15(4,5)16(13,6)7/h9-10,13,19H,8,17H2,1-7H3. The molecule has 3 N–H and O–H groups in total. The number of hydrogen-bond acceptors (Lipinski definition) is 4. The molecule has 1 aliphatic rings. The molecule has 1 aromatic heterocycles. The second kappa shape index (κ2) is 4.79. The highest BCUT2D eigenvalue weighted by Crippen LogP contribution is 2.69. The fourth-order valence-electron chi connectivity index (χ4n) is 3.46. The van der Waals surface area contributed by atoms with E-state index in [0.717, 1.165) is 6.42 Å². The van der Waals surface area contributed by atoms with E-state index in [4.69, 9.17) is 10.8 Å². The molecule has 4 heteroatoms. The number of hydrazine groups is 1. The normalized spacial score (nSPS) is 22.8. The van der Waals surface area contributed by atoms with Gasteiger partial charge in [0.25, 0.3) is 0 Å². The smallest absolute Gasteiger partial charge is 0.0944 e. The van der Waals surface area contributed by atoms with Gasteiger partial charge in [-0.2, -0.15) is 0 Å². The Labute approximate surface area is 127 Å². The summed E-state index contributed by atoms with van der Waals surface area (Å²) in [6.45, 7) is 16.0. The van der Waals surface area contributed by atoms with Gasteiger partial charge in [0, 0.05) is 23.3 Å². The van der Waals surface area contributed by atoms with E-state index in [9.17, 15) is 0 Å². The highest BCUT2D eigenvalue weighted by atomic mass is 32.1. The van der Waals surface area contributed by atoms with Crippen molar-refractivity contribution in [2.24, 2.45) is 22.6 Å². The lowest BCUT2D eigenvalue weighted by Gasteiger charge is -2.17. The second-order valence-corrected chi connectivity index (χ2v) is 9.22. The van der Waals surface area contributed by atoms with Gasteiger partial charge in [0.2, 0.25) is 0 Å². The van der Waals surface area contributed by atoms with Gasteiger partial charge in [-0.05, 0) is 16.7 Å². The van der Waals surface area contributed by atoms with Crippen LogP contribution in [0.25, 0.3) is 0 Å². The predicted octanol–water partition coefficient (Wildman–Crippen LogP) is 3.50. The summed E-state index contributed by atoms with van der Waals surface area (Å²) in [4.78, 5) is 4.80. The molecule has 1 heterocycles. The lowest BCUT2D eigenvalue weighted by atomic mass is 9.93. The van der Waals surface area contributed by atoms with Crippen LogP contribution in [-0.4, -0.2) is 11.0 Å². The van der Waals surface area contributed by atoms with E-state index in [1.165, 1.54) is 10.7 Å². The number of thiazole rings is 1. The first-order chi connectivity index (χ1) is 9.01. The number of aromatic nitrogens is 1. The molecule has 2 rings (SSSR count). The molecule has 1 saturated carbocycles. The van der Waals surface area contributed by atoms with Crippen molar-refractivity contribution < 1.29 is 0 Å². The Bertz CT molecular complexity index is 468. The third-order valence-corrected chi connectivity index (χ3v) is 6.33. The largest absolute Gasteiger partial charge is 0.271 e. The maximum Gasteiger partial charge on any atom is 0.0944 e. The summed E-state index contributed by atoms with van der Waals surface area (Å²) in [5.41, 5.74) is 5.03. The molecule has 0 spiro atoms. The zero-order valence-electron chi connectivity index (χ0n) is 13.9. The molecule has 20 heavy (non-hydrogen) atoms. The summed E-state index contributed by atoms with van der Waals surface area (Å²) >= 11 is 1.76. The van der Waals surface area contributed by atoms with Gasteiger partial charge < -0.3 is 0 Å². The minimum absolute atomic E-state index is 0.124. The van der Waals surface area contributed by atoms with Crippen molar-refractivity contribution >= 4 is 11.3 Å². The van der Waals surface area contributed by atoms with Crippen molar-refractivity contribution in [2.45, 2.75) is 66.3 Å². The Morgan fingerprint density at radius 1 is 1.30 bits per heavy atom. The molecule has 3 nitrogen and oxygen atoms in total. The highest BCUT2D eigenvalue weighted by Gasteiger charge is 2.66. The number of rotatable bonds is 4. The van der Waals surface area contributed by atoms with Crippen molar-refractivity contribution in [3.05, 3.63) is 16.1 Å². The van der Waals surface area contributed by atoms with Crippen molar-refractivity contribution in [2.75, 3.05) is 0 Å². The second-order valence-electron chi connectivity index (χ2n) is 8.27. The van der Waals surface area contributed by atoms with Crippen LogP contribution < -0.4 is 11.3 Å². The van der Waals surface area contributed by atoms with Gasteiger partial charge in [0.1, 0.15) is 0 Å². The van der Waals surface area contributed by atoms with E-state index >= 15 is 0 Å². The Balaban J connectivity index is 2.11. The molecule has 1 unspecified atom stereocenters. The molecule has 0 amide bonds. The molecule has 1 aromatic rings. The number of hydrogen-bond donors (Lipinski definition) is 2. The third-order valence-electron chi connectivity index (χ3n) is 5.46. The number of nitrogens with one attached hydrogen (secondary N) is 1. The highest BCUT2D eigenvalue weighted by molar-refractivity contribution is 7.09. The maximum absolute atomic E-state index is 5.82. The first-order valence-electron chi connectivity index (χ1n) is 7.43. The topological polar surface area (TPSA) is 50.9 Å². The summed E-state index contributed by atoms with van der Waals surface area (Å²) in [6, 6.07) is 0.305. The average Bonchev–Trinajstić information content (AvgIpc) is 2.70. The first-order valence-corrected chi connectivity index (χ1v) is 8.31. The van der Waals surface area contributed by atoms with Gasteiger partial charge in [-0.1, -0.05) is 48.5 Å². The van der Waals surface area contributed by atoms with Crippen LogP contribution >= 0.6 is 11.3 Å². The summed E-state index contributed by atoms with van der Waals surface area (Å²) in [5.74, 6) is 6.42. The van der Waals surface area contributed by atoms with Gasteiger partial charge in [-0.25, -0.2) is 4.98 Å². The molecule has 0 aromatic carbocycles. The van der Waals surface area contributed by atoms with Gasteiger partial charge in [-0.15, -0.1) is 11.3 Å². The van der Waals surface area contributed by atoms with Gasteiger partial charge >= 0.3 is 0 Å². The molecule has 1 fully saturated rings. The molecular weight excluding hydrogens is 266 g/mol. The van der Waals surface area contributed by atoms with Crippen LogP contribution in [0.3, 0.4) is 0 Å². The predicted molar refractivity (Wildman–Crippen MR) is 86.7 cm³/mol. The number of nitrogens with two attached hydrogens (primary N) is 1. The lowest BCUT2D eigenvalue weighted by Crippen LogP contribution is -2.40. The third kappa shape index (κ3) is 2.53. The van der Waals surface area contributed by atoms with Crippen molar-refractivity contribution in [1.29, 1.82) is 0 Å². The van der Waals surface area contributed by atoms with E-state index in [1.54, 1.807) is 11.3 Å². The van der Waals surface area contributed by atoms with Crippen molar-refractivity contribution in [1.82, 2.24) is 10.4 Å². The first kappa shape index (κ1) is 15.9. The number of nitrogens with zero attached hydrogens (tertiary/aromatic N) is 1. The van der Waals surface area contributed by atoms with Crippen molar-refractivity contribution in [3.8, 4) is 0 Å². The fraction of sp³-hybridized carbons (Fsp3) is 0.812. The molecule has 0 aliphatic heterocycles. The molecular formula is C16H29N3S.